The second-order valence-electron chi connectivity index (χ2n) is 6.43. The van der Waals surface area contributed by atoms with E-state index in [1.807, 2.05) is 6.92 Å². The highest BCUT2D eigenvalue weighted by atomic mass is 16.5. The largest absolute Gasteiger partial charge is 0.466 e. The van der Waals surface area contributed by atoms with Crippen LogP contribution in [0.4, 0.5) is 0 Å². The van der Waals surface area contributed by atoms with E-state index in [1.54, 1.807) is 0 Å². The van der Waals surface area contributed by atoms with Gasteiger partial charge in [-0.1, -0.05) is 6.92 Å². The van der Waals surface area contributed by atoms with E-state index in [0.717, 1.165) is 25.8 Å². The highest BCUT2D eigenvalue weighted by Crippen LogP contribution is 2.34. The van der Waals surface area contributed by atoms with E-state index in [9.17, 15) is 4.79 Å². The first-order chi connectivity index (χ1) is 9.65. The monoisotopic (exact) mass is 282 g/mol. The van der Waals surface area contributed by atoms with Crippen LogP contribution in [0.1, 0.15) is 46.0 Å². The molecular weight excluding hydrogens is 252 g/mol. The van der Waals surface area contributed by atoms with Crippen molar-refractivity contribution in [3.63, 3.8) is 0 Å². The van der Waals surface area contributed by atoms with Crippen molar-refractivity contribution in [1.29, 1.82) is 0 Å². The van der Waals surface area contributed by atoms with Gasteiger partial charge in [0.05, 0.1) is 12.5 Å². The predicted molar refractivity (Wildman–Crippen MR) is 80.6 cm³/mol. The average Bonchev–Trinajstić information content (AvgIpc) is 2.47. The molecule has 0 radical (unpaired) electrons. The maximum Gasteiger partial charge on any atom is 0.309 e. The van der Waals surface area contributed by atoms with Gasteiger partial charge in [-0.3, -0.25) is 9.69 Å². The van der Waals surface area contributed by atoms with Crippen LogP contribution in [0.5, 0.6) is 0 Å². The van der Waals surface area contributed by atoms with Crippen molar-refractivity contribution >= 4 is 5.97 Å². The summed E-state index contributed by atoms with van der Waals surface area (Å²) in [6.45, 7) is 6.99. The molecule has 1 saturated heterocycles. The fraction of sp³-hybridized carbons (Fsp3) is 0.938. The zero-order valence-electron chi connectivity index (χ0n) is 13.2. The van der Waals surface area contributed by atoms with Gasteiger partial charge in [0, 0.05) is 18.6 Å². The zero-order valence-corrected chi connectivity index (χ0v) is 13.2. The first kappa shape index (κ1) is 15.8. The number of hydrogen-bond acceptors (Lipinski definition) is 4. The van der Waals surface area contributed by atoms with Crippen LogP contribution >= 0.6 is 0 Å². The quantitative estimate of drug-likeness (QED) is 0.801. The van der Waals surface area contributed by atoms with E-state index in [1.165, 1.54) is 19.4 Å². The fourth-order valence-corrected chi connectivity index (χ4v) is 3.87. The van der Waals surface area contributed by atoms with E-state index in [2.05, 4.69) is 24.2 Å². The molecule has 4 atom stereocenters. The van der Waals surface area contributed by atoms with Gasteiger partial charge in [0.2, 0.25) is 0 Å². The van der Waals surface area contributed by atoms with Gasteiger partial charge in [-0.25, -0.2) is 0 Å². The van der Waals surface area contributed by atoms with Gasteiger partial charge < -0.3 is 10.1 Å². The Balaban J connectivity index is 1.86. The number of ether oxygens (including phenoxy) is 1. The Labute approximate surface area is 123 Å². The zero-order chi connectivity index (χ0) is 14.5. The Hall–Kier alpha value is -0.610. The number of esters is 1. The number of piperidine rings is 1. The maximum atomic E-state index is 11.9. The molecule has 20 heavy (non-hydrogen) atoms. The number of likely N-dealkylation sites (N-methyl/N-ethyl adjacent to an activating group) is 1. The first-order valence-electron chi connectivity index (χ1n) is 8.23. The lowest BCUT2D eigenvalue weighted by molar-refractivity contribution is -0.151. The summed E-state index contributed by atoms with van der Waals surface area (Å²) in [4.78, 5) is 14.6. The number of rotatable bonds is 4. The van der Waals surface area contributed by atoms with Crippen molar-refractivity contribution in [2.45, 2.75) is 58.0 Å². The minimum absolute atomic E-state index is 0.0187. The van der Waals surface area contributed by atoms with Gasteiger partial charge in [0.1, 0.15) is 0 Å². The lowest BCUT2D eigenvalue weighted by Gasteiger charge is -2.43. The molecule has 0 aromatic carbocycles. The number of carbonyl (C=O) groups is 1. The Morgan fingerprint density at radius 2 is 2.15 bits per heavy atom. The minimum Gasteiger partial charge on any atom is -0.466 e. The summed E-state index contributed by atoms with van der Waals surface area (Å²) in [6.07, 6.45) is 5.86. The Morgan fingerprint density at radius 1 is 1.35 bits per heavy atom. The van der Waals surface area contributed by atoms with Crippen LogP contribution in [0.3, 0.4) is 0 Å². The van der Waals surface area contributed by atoms with Gasteiger partial charge in [0.15, 0.2) is 0 Å². The molecule has 0 bridgehead atoms. The highest BCUT2D eigenvalue weighted by Gasteiger charge is 2.36. The smallest absolute Gasteiger partial charge is 0.309 e. The predicted octanol–water partition coefficient (Wildman–Crippen LogP) is 2.04. The fourth-order valence-electron chi connectivity index (χ4n) is 3.87. The molecule has 0 spiro atoms. The van der Waals surface area contributed by atoms with E-state index in [4.69, 9.17) is 4.74 Å². The third kappa shape index (κ3) is 3.73. The second-order valence-corrected chi connectivity index (χ2v) is 6.43. The molecule has 0 aromatic heterocycles. The summed E-state index contributed by atoms with van der Waals surface area (Å²) >= 11 is 0. The molecule has 1 saturated carbocycles. The number of nitrogens with one attached hydrogen (secondary N) is 1. The van der Waals surface area contributed by atoms with E-state index in [0.29, 0.717) is 24.6 Å². The van der Waals surface area contributed by atoms with Crippen LogP contribution in [0, 0.1) is 11.8 Å². The van der Waals surface area contributed by atoms with Crippen molar-refractivity contribution in [3.8, 4) is 0 Å². The second kappa shape index (κ2) is 7.41. The van der Waals surface area contributed by atoms with Crippen LogP contribution in [-0.2, 0) is 9.53 Å². The first-order valence-corrected chi connectivity index (χ1v) is 8.23. The molecule has 1 aliphatic heterocycles. The average molecular weight is 282 g/mol. The van der Waals surface area contributed by atoms with Crippen molar-refractivity contribution < 1.29 is 9.53 Å². The van der Waals surface area contributed by atoms with Crippen LogP contribution in [0.2, 0.25) is 0 Å². The maximum absolute atomic E-state index is 11.9. The molecule has 2 rings (SSSR count). The standard InChI is InChI=1S/C16H30N2O2/c1-4-20-16(19)15-8-7-14(10-12(15)2)18-9-5-6-13(11-18)17-3/h12-15,17H,4-11H2,1-3H3. The summed E-state index contributed by atoms with van der Waals surface area (Å²) < 4.78 is 5.20. The van der Waals surface area contributed by atoms with Crippen LogP contribution in [-0.4, -0.2) is 49.7 Å². The van der Waals surface area contributed by atoms with Gasteiger partial charge in [-0.05, 0) is 58.5 Å². The summed E-state index contributed by atoms with van der Waals surface area (Å²) in [5.41, 5.74) is 0. The normalized spacial score (nSPS) is 35.8. The molecule has 116 valence electrons. The number of likely N-dealkylation sites (tertiary alicyclic amines) is 1. The summed E-state index contributed by atoms with van der Waals surface area (Å²) in [7, 11) is 2.06. The molecule has 1 heterocycles. The van der Waals surface area contributed by atoms with Gasteiger partial charge >= 0.3 is 5.97 Å². The molecule has 4 nitrogen and oxygen atoms in total. The SMILES string of the molecule is CCOC(=O)C1CCC(N2CCCC(NC)C2)CC1C. The molecule has 0 aromatic rings. The molecule has 0 amide bonds. The van der Waals surface area contributed by atoms with Crippen LogP contribution in [0.15, 0.2) is 0 Å². The van der Waals surface area contributed by atoms with Gasteiger partial charge in [-0.2, -0.15) is 0 Å². The van der Waals surface area contributed by atoms with Crippen LogP contribution in [0.25, 0.3) is 0 Å². The van der Waals surface area contributed by atoms with Crippen LogP contribution < -0.4 is 5.32 Å². The lowest BCUT2D eigenvalue weighted by atomic mass is 9.77. The summed E-state index contributed by atoms with van der Waals surface area (Å²) in [5.74, 6) is 0.587. The number of nitrogens with zero attached hydrogens (tertiary/aromatic N) is 1. The molecule has 4 heteroatoms. The summed E-state index contributed by atoms with van der Waals surface area (Å²) in [6, 6.07) is 1.30. The molecule has 4 unspecified atom stereocenters. The summed E-state index contributed by atoms with van der Waals surface area (Å²) in [5, 5.41) is 3.41. The van der Waals surface area contributed by atoms with E-state index in [-0.39, 0.29) is 11.9 Å². The number of carbonyl (C=O) groups excluding carboxylic acids is 1. The van der Waals surface area contributed by atoms with Crippen molar-refractivity contribution in [1.82, 2.24) is 10.2 Å². The van der Waals surface area contributed by atoms with Crippen molar-refractivity contribution in [3.05, 3.63) is 0 Å². The molecular formula is C16H30N2O2. The molecule has 1 aliphatic carbocycles. The molecule has 1 N–H and O–H groups in total. The van der Waals surface area contributed by atoms with Gasteiger partial charge in [-0.15, -0.1) is 0 Å². The lowest BCUT2D eigenvalue weighted by Crippen LogP contribution is -2.51. The minimum atomic E-state index is 0.0187. The third-order valence-electron chi connectivity index (χ3n) is 5.11. The third-order valence-corrected chi connectivity index (χ3v) is 5.11. The Bertz CT molecular complexity index is 322. The Morgan fingerprint density at radius 3 is 2.80 bits per heavy atom. The van der Waals surface area contributed by atoms with Crippen molar-refractivity contribution in [2.24, 2.45) is 11.8 Å². The molecule has 2 aliphatic rings. The Kier molecular flexibility index (Phi) is 5.85. The van der Waals surface area contributed by atoms with Gasteiger partial charge in [0.25, 0.3) is 0 Å². The molecule has 2 fully saturated rings. The highest BCUT2D eigenvalue weighted by molar-refractivity contribution is 5.72. The number of hydrogen-bond donors (Lipinski definition) is 1. The van der Waals surface area contributed by atoms with E-state index >= 15 is 0 Å². The van der Waals surface area contributed by atoms with E-state index < -0.39 is 0 Å². The topological polar surface area (TPSA) is 41.6 Å². The van der Waals surface area contributed by atoms with Crippen molar-refractivity contribution in [2.75, 3.05) is 26.7 Å².